The molecule has 0 radical (unpaired) electrons. The number of aryl methyl sites for hydroxylation is 2. The molecule has 0 aromatic heterocycles. The maximum atomic E-state index is 13.3. The van der Waals surface area contributed by atoms with Crippen LogP contribution in [0.4, 0.5) is 0 Å². The van der Waals surface area contributed by atoms with Gasteiger partial charge in [-0.3, -0.25) is 9.69 Å². The van der Waals surface area contributed by atoms with E-state index in [2.05, 4.69) is 77.5 Å². The molecule has 5 nitrogen and oxygen atoms in total. The van der Waals surface area contributed by atoms with E-state index in [0.29, 0.717) is 24.9 Å². The van der Waals surface area contributed by atoms with Crippen molar-refractivity contribution in [2.24, 2.45) is 5.92 Å². The molecular weight excluding hydrogens is 410 g/mol. The molecule has 33 heavy (non-hydrogen) atoms. The highest BCUT2D eigenvalue weighted by molar-refractivity contribution is 5.77. The lowest BCUT2D eigenvalue weighted by atomic mass is 9.92. The van der Waals surface area contributed by atoms with E-state index in [1.165, 1.54) is 22.3 Å². The Morgan fingerprint density at radius 1 is 0.970 bits per heavy atom. The van der Waals surface area contributed by atoms with Crippen molar-refractivity contribution in [3.63, 3.8) is 0 Å². The van der Waals surface area contributed by atoms with Crippen molar-refractivity contribution in [2.75, 3.05) is 46.4 Å². The normalized spacial score (nSPS) is 20.4. The first-order chi connectivity index (χ1) is 16.0. The smallest absolute Gasteiger partial charge is 0.223 e. The van der Waals surface area contributed by atoms with Crippen LogP contribution in [0.2, 0.25) is 0 Å². The molecular formula is C28H39N3O2. The fraction of sp³-hybridized carbons (Fsp3) is 0.536. The number of methoxy groups -OCH3 is 1. The number of hydrogen-bond acceptors (Lipinski definition) is 4. The number of carbonyl (C=O) groups is 1. The van der Waals surface area contributed by atoms with Crippen LogP contribution in [0.1, 0.15) is 47.6 Å². The molecule has 1 N–H and O–H groups in total. The van der Waals surface area contributed by atoms with E-state index in [-0.39, 0.29) is 12.1 Å². The minimum atomic E-state index is 0.0800. The quantitative estimate of drug-likeness (QED) is 0.695. The SMILES string of the molecule is COCC1CN(C(c2ccc(C)cc2)c2ccc(C)cc2)CCN1C(=O)CC1CCNCC1. The molecule has 4 rings (SSSR count). The summed E-state index contributed by atoms with van der Waals surface area (Å²) in [6.45, 7) is 9.33. The lowest BCUT2D eigenvalue weighted by Gasteiger charge is -2.45. The van der Waals surface area contributed by atoms with Crippen LogP contribution in [0.3, 0.4) is 0 Å². The highest BCUT2D eigenvalue weighted by atomic mass is 16.5. The lowest BCUT2D eigenvalue weighted by Crippen LogP contribution is -2.57. The zero-order valence-corrected chi connectivity index (χ0v) is 20.4. The molecule has 0 bridgehead atoms. The number of nitrogens with zero attached hydrogens (tertiary/aromatic N) is 2. The van der Waals surface area contributed by atoms with Gasteiger partial charge >= 0.3 is 0 Å². The summed E-state index contributed by atoms with van der Waals surface area (Å²) in [6.07, 6.45) is 2.87. The Morgan fingerprint density at radius 2 is 1.55 bits per heavy atom. The number of amides is 1. The first-order valence-electron chi connectivity index (χ1n) is 12.4. The molecule has 2 saturated heterocycles. The van der Waals surface area contributed by atoms with Crippen molar-refractivity contribution in [1.82, 2.24) is 15.1 Å². The van der Waals surface area contributed by atoms with Crippen LogP contribution in [-0.4, -0.2) is 68.2 Å². The molecule has 0 aliphatic carbocycles. The third-order valence-corrected chi connectivity index (χ3v) is 7.27. The van der Waals surface area contributed by atoms with Gasteiger partial charge in [-0.1, -0.05) is 59.7 Å². The first kappa shape index (κ1) is 23.9. The standard InChI is InChI=1S/C28H39N3O2/c1-21-4-8-24(9-5-21)28(25-10-6-22(2)7-11-25)30-16-17-31(26(19-30)20-33-3)27(32)18-23-12-14-29-15-13-23/h4-11,23,26,28-29H,12-20H2,1-3H3. The van der Waals surface area contributed by atoms with Crippen LogP contribution < -0.4 is 5.32 Å². The molecule has 2 fully saturated rings. The van der Waals surface area contributed by atoms with E-state index in [1.54, 1.807) is 7.11 Å². The number of piperidine rings is 1. The maximum Gasteiger partial charge on any atom is 0.223 e. The van der Waals surface area contributed by atoms with Crippen LogP contribution in [0.25, 0.3) is 0 Å². The second kappa shape index (κ2) is 11.3. The van der Waals surface area contributed by atoms with Gasteiger partial charge in [-0.15, -0.1) is 0 Å². The molecule has 2 heterocycles. The van der Waals surface area contributed by atoms with Gasteiger partial charge in [0.2, 0.25) is 5.91 Å². The average Bonchev–Trinajstić information content (AvgIpc) is 2.83. The zero-order chi connectivity index (χ0) is 23.2. The fourth-order valence-electron chi connectivity index (χ4n) is 5.34. The number of nitrogens with one attached hydrogen (secondary N) is 1. The van der Waals surface area contributed by atoms with Crippen LogP contribution in [0, 0.1) is 19.8 Å². The Hall–Kier alpha value is -2.21. The molecule has 178 valence electrons. The summed E-state index contributed by atoms with van der Waals surface area (Å²) in [4.78, 5) is 17.9. The number of rotatable bonds is 7. The fourth-order valence-corrected chi connectivity index (χ4v) is 5.34. The van der Waals surface area contributed by atoms with Gasteiger partial charge in [0.05, 0.1) is 18.7 Å². The summed E-state index contributed by atoms with van der Waals surface area (Å²) in [5.74, 6) is 0.804. The number of ether oxygens (including phenoxy) is 1. The van der Waals surface area contributed by atoms with Gasteiger partial charge in [-0.25, -0.2) is 0 Å². The summed E-state index contributed by atoms with van der Waals surface area (Å²) in [5.41, 5.74) is 5.14. The van der Waals surface area contributed by atoms with Crippen LogP contribution >= 0.6 is 0 Å². The van der Waals surface area contributed by atoms with Crippen molar-refractivity contribution < 1.29 is 9.53 Å². The van der Waals surface area contributed by atoms with E-state index < -0.39 is 0 Å². The number of piperazine rings is 1. The topological polar surface area (TPSA) is 44.8 Å². The number of hydrogen-bond donors (Lipinski definition) is 1. The van der Waals surface area contributed by atoms with Crippen molar-refractivity contribution in [1.29, 1.82) is 0 Å². The van der Waals surface area contributed by atoms with E-state index in [4.69, 9.17) is 4.74 Å². The minimum Gasteiger partial charge on any atom is -0.382 e. The molecule has 0 saturated carbocycles. The van der Waals surface area contributed by atoms with Gasteiger partial charge in [-0.2, -0.15) is 0 Å². The number of benzene rings is 2. The Labute approximate surface area is 199 Å². The number of carbonyl (C=O) groups excluding carboxylic acids is 1. The molecule has 2 aromatic rings. The first-order valence-corrected chi connectivity index (χ1v) is 12.4. The van der Waals surface area contributed by atoms with Crippen LogP contribution in [-0.2, 0) is 9.53 Å². The maximum absolute atomic E-state index is 13.3. The van der Waals surface area contributed by atoms with E-state index >= 15 is 0 Å². The van der Waals surface area contributed by atoms with Gasteiger partial charge in [-0.05, 0) is 56.8 Å². The lowest BCUT2D eigenvalue weighted by molar-refractivity contribution is -0.139. The Morgan fingerprint density at radius 3 is 2.09 bits per heavy atom. The van der Waals surface area contributed by atoms with Crippen LogP contribution in [0.15, 0.2) is 48.5 Å². The molecule has 2 aliphatic rings. The summed E-state index contributed by atoms with van der Waals surface area (Å²) in [7, 11) is 1.74. The highest BCUT2D eigenvalue weighted by Gasteiger charge is 2.35. The Balaban J connectivity index is 1.54. The summed E-state index contributed by atoms with van der Waals surface area (Å²) in [6, 6.07) is 18.0. The van der Waals surface area contributed by atoms with Gasteiger partial charge < -0.3 is 15.0 Å². The molecule has 5 heteroatoms. The van der Waals surface area contributed by atoms with E-state index in [0.717, 1.165) is 45.6 Å². The molecule has 2 aromatic carbocycles. The predicted octanol–water partition coefficient (Wildman–Crippen LogP) is 3.94. The van der Waals surface area contributed by atoms with Gasteiger partial charge in [0.1, 0.15) is 0 Å². The monoisotopic (exact) mass is 449 g/mol. The Kier molecular flexibility index (Phi) is 8.18. The van der Waals surface area contributed by atoms with E-state index in [1.807, 2.05) is 0 Å². The second-order valence-electron chi connectivity index (χ2n) is 9.81. The summed E-state index contributed by atoms with van der Waals surface area (Å²) >= 11 is 0. The van der Waals surface area contributed by atoms with Crippen LogP contribution in [0.5, 0.6) is 0 Å². The largest absolute Gasteiger partial charge is 0.382 e. The molecule has 1 amide bonds. The van der Waals surface area contributed by atoms with Gasteiger partial charge in [0.25, 0.3) is 0 Å². The molecule has 0 spiro atoms. The average molecular weight is 450 g/mol. The predicted molar refractivity (Wildman–Crippen MR) is 133 cm³/mol. The zero-order valence-electron chi connectivity index (χ0n) is 20.4. The minimum absolute atomic E-state index is 0.0800. The summed E-state index contributed by atoms with van der Waals surface area (Å²) < 4.78 is 5.59. The van der Waals surface area contributed by atoms with Crippen molar-refractivity contribution >= 4 is 5.91 Å². The highest BCUT2D eigenvalue weighted by Crippen LogP contribution is 2.32. The van der Waals surface area contributed by atoms with Crippen molar-refractivity contribution in [3.05, 3.63) is 70.8 Å². The van der Waals surface area contributed by atoms with Crippen molar-refractivity contribution in [3.8, 4) is 0 Å². The van der Waals surface area contributed by atoms with Crippen molar-refractivity contribution in [2.45, 2.75) is 45.2 Å². The third kappa shape index (κ3) is 6.03. The molecule has 1 unspecified atom stereocenters. The second-order valence-corrected chi connectivity index (χ2v) is 9.81. The van der Waals surface area contributed by atoms with Gasteiger partial charge in [0, 0.05) is 33.2 Å². The molecule has 1 atom stereocenters. The van der Waals surface area contributed by atoms with Gasteiger partial charge in [0.15, 0.2) is 0 Å². The Bertz CT molecular complexity index is 845. The summed E-state index contributed by atoms with van der Waals surface area (Å²) in [5, 5.41) is 3.40. The van der Waals surface area contributed by atoms with E-state index in [9.17, 15) is 4.79 Å². The molecule has 2 aliphatic heterocycles. The third-order valence-electron chi connectivity index (χ3n) is 7.27.